The van der Waals surface area contributed by atoms with Crippen molar-refractivity contribution in [2.75, 3.05) is 33.0 Å². The van der Waals surface area contributed by atoms with E-state index in [1.54, 1.807) is 0 Å². The Morgan fingerprint density at radius 1 is 1.00 bits per heavy atom. The van der Waals surface area contributed by atoms with Gasteiger partial charge in [0.1, 0.15) is 18.5 Å². The molecule has 0 N–H and O–H groups in total. The van der Waals surface area contributed by atoms with E-state index in [1.165, 1.54) is 6.42 Å². The van der Waals surface area contributed by atoms with Gasteiger partial charge in [0.15, 0.2) is 0 Å². The van der Waals surface area contributed by atoms with E-state index in [2.05, 4.69) is 27.7 Å². The fourth-order valence-corrected chi connectivity index (χ4v) is 5.07. The van der Waals surface area contributed by atoms with Crippen molar-refractivity contribution in [1.29, 1.82) is 0 Å². The van der Waals surface area contributed by atoms with Crippen molar-refractivity contribution in [3.05, 3.63) is 54.1 Å². The average molecular weight is 481 g/mol. The first kappa shape index (κ1) is 25.7. The largest absolute Gasteiger partial charge is 0.491 e. The molecule has 35 heavy (non-hydrogen) atoms. The molecule has 3 unspecified atom stereocenters. The van der Waals surface area contributed by atoms with E-state index in [0.717, 1.165) is 42.9 Å². The molecule has 2 fully saturated rings. The quantitative estimate of drug-likeness (QED) is 0.291. The van der Waals surface area contributed by atoms with Crippen LogP contribution in [0.2, 0.25) is 0 Å². The molecular formula is C30H40O5. The summed E-state index contributed by atoms with van der Waals surface area (Å²) in [5.41, 5.74) is 2.90. The van der Waals surface area contributed by atoms with Crippen LogP contribution in [0.25, 0.3) is 11.1 Å². The summed E-state index contributed by atoms with van der Waals surface area (Å²) < 4.78 is 22.8. The summed E-state index contributed by atoms with van der Waals surface area (Å²) in [7, 11) is 0. The third-order valence-corrected chi connectivity index (χ3v) is 7.38. The lowest BCUT2D eigenvalue weighted by Crippen LogP contribution is -2.43. The zero-order valence-corrected chi connectivity index (χ0v) is 21.6. The highest BCUT2D eigenvalue weighted by molar-refractivity contribution is 5.90. The first-order chi connectivity index (χ1) is 16.8. The number of hydrogen-bond donors (Lipinski definition) is 0. The Morgan fingerprint density at radius 3 is 2.26 bits per heavy atom. The van der Waals surface area contributed by atoms with Crippen LogP contribution in [-0.4, -0.2) is 45.1 Å². The van der Waals surface area contributed by atoms with Gasteiger partial charge >= 0.3 is 5.97 Å². The van der Waals surface area contributed by atoms with Gasteiger partial charge < -0.3 is 18.9 Å². The summed E-state index contributed by atoms with van der Waals surface area (Å²) in [6.07, 6.45) is 3.33. The third kappa shape index (κ3) is 6.86. The van der Waals surface area contributed by atoms with Gasteiger partial charge in [-0.05, 0) is 66.0 Å². The Hall–Kier alpha value is -2.37. The Morgan fingerprint density at radius 2 is 1.66 bits per heavy atom. The van der Waals surface area contributed by atoms with Gasteiger partial charge in [0.2, 0.25) is 0 Å². The molecule has 0 aromatic heterocycles. The predicted molar refractivity (Wildman–Crippen MR) is 138 cm³/mol. The summed E-state index contributed by atoms with van der Waals surface area (Å²) in [4.78, 5) is 12.8. The maximum Gasteiger partial charge on any atom is 0.338 e. The summed E-state index contributed by atoms with van der Waals surface area (Å²) in [6.45, 7) is 12.2. The zero-order valence-electron chi connectivity index (χ0n) is 21.6. The predicted octanol–water partition coefficient (Wildman–Crippen LogP) is 6.40. The van der Waals surface area contributed by atoms with Gasteiger partial charge in [-0.2, -0.15) is 0 Å². The molecule has 0 radical (unpaired) electrons. The molecule has 5 heteroatoms. The second-order valence-electron chi connectivity index (χ2n) is 11.1. The molecule has 5 nitrogen and oxygen atoms in total. The highest BCUT2D eigenvalue weighted by Crippen LogP contribution is 2.36. The molecule has 0 amide bonds. The topological polar surface area (TPSA) is 54.0 Å². The Labute approximate surface area is 210 Å². The highest BCUT2D eigenvalue weighted by Gasteiger charge is 2.34. The zero-order chi connectivity index (χ0) is 24.8. The number of esters is 1. The number of rotatable bonds is 10. The van der Waals surface area contributed by atoms with Crippen molar-refractivity contribution in [2.45, 2.75) is 53.1 Å². The van der Waals surface area contributed by atoms with Crippen LogP contribution in [0.15, 0.2) is 48.5 Å². The van der Waals surface area contributed by atoms with Gasteiger partial charge in [0.05, 0.1) is 32.0 Å². The van der Waals surface area contributed by atoms with Crippen molar-refractivity contribution >= 4 is 5.97 Å². The molecule has 1 aliphatic carbocycles. The van der Waals surface area contributed by atoms with Crippen molar-refractivity contribution in [3.63, 3.8) is 0 Å². The van der Waals surface area contributed by atoms with E-state index in [0.29, 0.717) is 43.1 Å². The van der Waals surface area contributed by atoms with Crippen molar-refractivity contribution in [3.8, 4) is 16.9 Å². The molecule has 3 atom stereocenters. The molecular weight excluding hydrogens is 440 g/mol. The van der Waals surface area contributed by atoms with Gasteiger partial charge in [-0.15, -0.1) is 0 Å². The molecule has 1 saturated carbocycles. The van der Waals surface area contributed by atoms with E-state index in [4.69, 9.17) is 18.9 Å². The van der Waals surface area contributed by atoms with Gasteiger partial charge in [-0.25, -0.2) is 4.79 Å². The minimum atomic E-state index is -0.217. The lowest BCUT2D eigenvalue weighted by molar-refractivity contribution is -0.139. The van der Waals surface area contributed by atoms with Crippen LogP contribution in [0, 0.1) is 23.2 Å². The SMILES string of the molecule is CC1CCC(C(C)C)C(OC(=O)c2ccc(-c3ccc(OCCOCC4(C)COC4)cc3)cc2)C1. The molecule has 1 heterocycles. The van der Waals surface area contributed by atoms with Crippen LogP contribution < -0.4 is 4.74 Å². The molecule has 1 aliphatic heterocycles. The second kappa shape index (κ2) is 11.6. The van der Waals surface area contributed by atoms with E-state index in [1.807, 2.05) is 48.5 Å². The van der Waals surface area contributed by atoms with Crippen molar-refractivity contribution < 1.29 is 23.7 Å². The molecule has 0 bridgehead atoms. The fraction of sp³-hybridized carbons (Fsp3) is 0.567. The van der Waals surface area contributed by atoms with Gasteiger partial charge in [0.25, 0.3) is 0 Å². The molecule has 4 rings (SSSR count). The highest BCUT2D eigenvalue weighted by atomic mass is 16.5. The van der Waals surface area contributed by atoms with Crippen LogP contribution in [0.1, 0.15) is 57.3 Å². The van der Waals surface area contributed by atoms with Crippen molar-refractivity contribution in [2.24, 2.45) is 23.2 Å². The normalized spacial score (nSPS) is 23.5. The maximum atomic E-state index is 12.8. The number of carbonyl (C=O) groups excluding carboxylic acids is 1. The molecule has 2 aromatic rings. The Bertz CT molecular complexity index is 946. The van der Waals surface area contributed by atoms with Crippen molar-refractivity contribution in [1.82, 2.24) is 0 Å². The number of hydrogen-bond acceptors (Lipinski definition) is 5. The summed E-state index contributed by atoms with van der Waals surface area (Å²) in [5, 5.41) is 0. The summed E-state index contributed by atoms with van der Waals surface area (Å²) in [5.74, 6) is 2.18. The van der Waals surface area contributed by atoms with E-state index < -0.39 is 0 Å². The Balaban J connectivity index is 1.26. The van der Waals surface area contributed by atoms with Crippen LogP contribution in [-0.2, 0) is 14.2 Å². The number of benzene rings is 2. The maximum absolute atomic E-state index is 12.8. The summed E-state index contributed by atoms with van der Waals surface area (Å²) >= 11 is 0. The average Bonchev–Trinajstić information content (AvgIpc) is 2.83. The van der Waals surface area contributed by atoms with Crippen LogP contribution in [0.3, 0.4) is 0 Å². The van der Waals surface area contributed by atoms with E-state index in [-0.39, 0.29) is 17.5 Å². The molecule has 0 spiro atoms. The Kier molecular flexibility index (Phi) is 8.51. The van der Waals surface area contributed by atoms with E-state index in [9.17, 15) is 4.79 Å². The van der Waals surface area contributed by atoms with Gasteiger partial charge in [-0.3, -0.25) is 0 Å². The lowest BCUT2D eigenvalue weighted by atomic mass is 9.75. The van der Waals surface area contributed by atoms with Gasteiger partial charge in [-0.1, -0.05) is 58.4 Å². The van der Waals surface area contributed by atoms with Crippen LogP contribution >= 0.6 is 0 Å². The van der Waals surface area contributed by atoms with E-state index >= 15 is 0 Å². The van der Waals surface area contributed by atoms with Crippen LogP contribution in [0.4, 0.5) is 0 Å². The van der Waals surface area contributed by atoms with Gasteiger partial charge in [0, 0.05) is 5.41 Å². The first-order valence-electron chi connectivity index (χ1n) is 13.0. The lowest BCUT2D eigenvalue weighted by Gasteiger charge is -2.37. The fourth-order valence-electron chi connectivity index (χ4n) is 5.07. The molecule has 190 valence electrons. The third-order valence-electron chi connectivity index (χ3n) is 7.38. The standard InChI is InChI=1S/C30H40O5/c1-21(2)27-14-5-22(3)17-28(27)35-29(31)25-8-6-23(7-9-25)24-10-12-26(13-11-24)34-16-15-32-18-30(4)19-33-20-30/h6-13,21-22,27-28H,5,14-20H2,1-4H3. The smallest absolute Gasteiger partial charge is 0.338 e. The second-order valence-corrected chi connectivity index (χ2v) is 11.1. The minimum absolute atomic E-state index is 0.0131. The first-order valence-corrected chi connectivity index (χ1v) is 13.0. The molecule has 2 aromatic carbocycles. The molecule has 2 aliphatic rings. The monoisotopic (exact) mass is 480 g/mol. The number of carbonyl (C=O) groups is 1. The molecule has 1 saturated heterocycles. The number of ether oxygens (including phenoxy) is 4. The van der Waals surface area contributed by atoms with Crippen LogP contribution in [0.5, 0.6) is 5.75 Å². The summed E-state index contributed by atoms with van der Waals surface area (Å²) in [6, 6.07) is 15.7. The minimum Gasteiger partial charge on any atom is -0.491 e.